The van der Waals surface area contributed by atoms with Crippen LogP contribution in [0, 0.1) is 6.92 Å². The highest BCUT2D eigenvalue weighted by Crippen LogP contribution is 2.37. The van der Waals surface area contributed by atoms with Gasteiger partial charge in [-0.05, 0) is 49.7 Å². The van der Waals surface area contributed by atoms with Crippen molar-refractivity contribution >= 4 is 33.2 Å². The van der Waals surface area contributed by atoms with Gasteiger partial charge in [0.1, 0.15) is 6.54 Å². The number of rotatable bonds is 7. The predicted molar refractivity (Wildman–Crippen MR) is 125 cm³/mol. The van der Waals surface area contributed by atoms with Crippen LogP contribution in [-0.2, 0) is 21.0 Å². The first-order valence-corrected chi connectivity index (χ1v) is 12.0. The predicted octanol–water partition coefficient (Wildman–Crippen LogP) is 5.74. The van der Waals surface area contributed by atoms with Gasteiger partial charge >= 0.3 is 6.18 Å². The van der Waals surface area contributed by atoms with E-state index >= 15 is 0 Å². The van der Waals surface area contributed by atoms with E-state index in [9.17, 15) is 26.4 Å². The second-order valence-electron chi connectivity index (χ2n) is 7.69. The minimum Gasteiger partial charge on any atom is -0.348 e. The molecule has 0 aromatic heterocycles. The van der Waals surface area contributed by atoms with Crippen LogP contribution in [0.5, 0.6) is 0 Å². The van der Waals surface area contributed by atoms with Crippen LogP contribution in [0.25, 0.3) is 0 Å². The van der Waals surface area contributed by atoms with Crippen molar-refractivity contribution in [1.29, 1.82) is 0 Å². The van der Waals surface area contributed by atoms with E-state index in [1.807, 2.05) is 31.2 Å². The molecule has 0 aliphatic heterocycles. The topological polar surface area (TPSA) is 66.5 Å². The number of aryl methyl sites for hydroxylation is 1. The molecule has 1 unspecified atom stereocenters. The number of hydrogen-bond donors (Lipinski definition) is 1. The van der Waals surface area contributed by atoms with E-state index in [-0.39, 0.29) is 9.92 Å². The number of sulfonamides is 1. The van der Waals surface area contributed by atoms with E-state index in [2.05, 4.69) is 5.32 Å². The molecule has 0 saturated heterocycles. The maximum absolute atomic E-state index is 13.4. The Balaban J connectivity index is 1.99. The molecule has 0 aliphatic carbocycles. The van der Waals surface area contributed by atoms with Crippen LogP contribution >= 0.6 is 11.6 Å². The third-order valence-electron chi connectivity index (χ3n) is 5.12. The molecule has 1 amide bonds. The van der Waals surface area contributed by atoms with Crippen LogP contribution in [0.4, 0.5) is 18.9 Å². The van der Waals surface area contributed by atoms with Crippen molar-refractivity contribution in [2.24, 2.45) is 0 Å². The standard InChI is InChI=1S/C24H22ClF3N2O3S/c1-16-8-10-18(11-9-16)17(2)29-23(31)15-30(34(32,33)20-6-4-3-5-7-20)22-14-19(24(26,27)28)12-13-21(22)25/h3-14,17H,15H2,1-2H3,(H,29,31). The smallest absolute Gasteiger partial charge is 0.348 e. The molecule has 0 bridgehead atoms. The van der Waals surface area contributed by atoms with E-state index < -0.39 is 45.9 Å². The Morgan fingerprint density at radius 1 is 1.03 bits per heavy atom. The van der Waals surface area contributed by atoms with Crippen LogP contribution in [0.15, 0.2) is 77.7 Å². The Hall–Kier alpha value is -3.04. The second kappa shape index (κ2) is 10.1. The molecule has 0 radical (unpaired) electrons. The lowest BCUT2D eigenvalue weighted by molar-refractivity contribution is -0.137. The minimum absolute atomic E-state index is 0.192. The van der Waals surface area contributed by atoms with Gasteiger partial charge in [0, 0.05) is 0 Å². The summed E-state index contributed by atoms with van der Waals surface area (Å²) < 4.78 is 67.4. The van der Waals surface area contributed by atoms with Gasteiger partial charge in [-0.3, -0.25) is 9.10 Å². The lowest BCUT2D eigenvalue weighted by Gasteiger charge is -2.26. The summed E-state index contributed by atoms with van der Waals surface area (Å²) in [5, 5.41) is 2.45. The molecule has 3 aromatic carbocycles. The van der Waals surface area contributed by atoms with E-state index in [0.29, 0.717) is 10.4 Å². The fourth-order valence-electron chi connectivity index (χ4n) is 3.26. The molecule has 180 valence electrons. The molecule has 0 heterocycles. The van der Waals surface area contributed by atoms with Crippen LogP contribution < -0.4 is 9.62 Å². The maximum atomic E-state index is 13.4. The lowest BCUT2D eigenvalue weighted by Crippen LogP contribution is -2.41. The van der Waals surface area contributed by atoms with Crippen molar-refractivity contribution in [2.75, 3.05) is 10.8 Å². The molecule has 10 heteroatoms. The molecule has 1 N–H and O–H groups in total. The van der Waals surface area contributed by atoms with Gasteiger partial charge in [0.15, 0.2) is 0 Å². The minimum atomic E-state index is -4.73. The summed E-state index contributed by atoms with van der Waals surface area (Å²) in [5.74, 6) is -0.707. The molecule has 0 spiro atoms. The SMILES string of the molecule is Cc1ccc(C(C)NC(=O)CN(c2cc(C(F)(F)F)ccc2Cl)S(=O)(=O)c2ccccc2)cc1. The zero-order valence-corrected chi connectivity index (χ0v) is 19.9. The number of hydrogen-bond acceptors (Lipinski definition) is 3. The Morgan fingerprint density at radius 2 is 1.65 bits per heavy atom. The monoisotopic (exact) mass is 510 g/mol. The Kier molecular flexibility index (Phi) is 7.57. The summed E-state index contributed by atoms with van der Waals surface area (Å²) in [7, 11) is -4.42. The molecular weight excluding hydrogens is 489 g/mol. The normalized spacial score (nSPS) is 12.8. The Labute approximate surface area is 201 Å². The zero-order chi connectivity index (χ0) is 25.1. The largest absolute Gasteiger partial charge is 0.416 e. The summed E-state index contributed by atoms with van der Waals surface area (Å²) in [6, 6.07) is 16.4. The number of halogens is 4. The third-order valence-corrected chi connectivity index (χ3v) is 7.21. The molecular formula is C24H22ClF3N2O3S. The molecule has 0 saturated carbocycles. The number of carbonyl (C=O) groups excluding carboxylic acids is 1. The maximum Gasteiger partial charge on any atom is 0.416 e. The van der Waals surface area contributed by atoms with Crippen LogP contribution in [0.3, 0.4) is 0 Å². The zero-order valence-electron chi connectivity index (χ0n) is 18.3. The van der Waals surface area contributed by atoms with Gasteiger partial charge in [-0.2, -0.15) is 13.2 Å². The number of benzene rings is 3. The van der Waals surface area contributed by atoms with Gasteiger partial charge in [-0.25, -0.2) is 8.42 Å². The summed E-state index contributed by atoms with van der Waals surface area (Å²) >= 11 is 6.13. The van der Waals surface area contributed by atoms with Crippen molar-refractivity contribution in [3.8, 4) is 0 Å². The Morgan fingerprint density at radius 3 is 2.24 bits per heavy atom. The Bertz CT molecular complexity index is 1260. The van der Waals surface area contributed by atoms with Gasteiger partial charge in [0.2, 0.25) is 5.91 Å². The van der Waals surface area contributed by atoms with Gasteiger partial charge in [0.05, 0.1) is 27.2 Å². The van der Waals surface area contributed by atoms with Crippen molar-refractivity contribution in [3.63, 3.8) is 0 Å². The average Bonchev–Trinajstić information content (AvgIpc) is 2.78. The van der Waals surface area contributed by atoms with Gasteiger partial charge in [0.25, 0.3) is 10.0 Å². The quantitative estimate of drug-likeness (QED) is 0.441. The highest BCUT2D eigenvalue weighted by Gasteiger charge is 2.34. The van der Waals surface area contributed by atoms with Gasteiger partial charge in [-0.15, -0.1) is 0 Å². The van der Waals surface area contributed by atoms with Gasteiger partial charge < -0.3 is 5.32 Å². The lowest BCUT2D eigenvalue weighted by atomic mass is 10.1. The molecule has 0 aliphatic rings. The first kappa shape index (κ1) is 25.6. The summed E-state index contributed by atoms with van der Waals surface area (Å²) in [6.45, 7) is 2.86. The number of nitrogens with one attached hydrogen (secondary N) is 1. The third kappa shape index (κ3) is 5.90. The number of nitrogens with zero attached hydrogens (tertiary/aromatic N) is 1. The van der Waals surface area contributed by atoms with Crippen LogP contribution in [0.1, 0.15) is 29.7 Å². The van der Waals surface area contributed by atoms with Crippen molar-refractivity contribution in [1.82, 2.24) is 5.32 Å². The number of carbonyl (C=O) groups is 1. The fourth-order valence-corrected chi connectivity index (χ4v) is 4.98. The van der Waals surface area contributed by atoms with Crippen molar-refractivity contribution < 1.29 is 26.4 Å². The molecule has 0 fully saturated rings. The van der Waals surface area contributed by atoms with Gasteiger partial charge in [-0.1, -0.05) is 59.6 Å². The summed E-state index contributed by atoms with van der Waals surface area (Å²) in [5.41, 5.74) is 0.280. The number of anilines is 1. The van der Waals surface area contributed by atoms with Crippen LogP contribution in [0.2, 0.25) is 5.02 Å². The number of amides is 1. The van der Waals surface area contributed by atoms with E-state index in [1.54, 1.807) is 13.0 Å². The van der Waals surface area contributed by atoms with Crippen molar-refractivity contribution in [2.45, 2.75) is 31.0 Å². The van der Waals surface area contributed by atoms with Crippen LogP contribution in [-0.4, -0.2) is 20.9 Å². The second-order valence-corrected chi connectivity index (χ2v) is 9.96. The molecule has 1 atom stereocenters. The molecule has 3 rings (SSSR count). The van der Waals surface area contributed by atoms with Crippen molar-refractivity contribution in [3.05, 3.63) is 94.5 Å². The molecule has 5 nitrogen and oxygen atoms in total. The fraction of sp³-hybridized carbons (Fsp3) is 0.208. The summed E-state index contributed by atoms with van der Waals surface area (Å²) in [4.78, 5) is 12.7. The van der Waals surface area contributed by atoms with E-state index in [1.165, 1.54) is 24.3 Å². The first-order valence-electron chi connectivity index (χ1n) is 10.2. The first-order chi connectivity index (χ1) is 15.9. The summed E-state index contributed by atoms with van der Waals surface area (Å²) in [6.07, 6.45) is -4.73. The highest BCUT2D eigenvalue weighted by atomic mass is 35.5. The van der Waals surface area contributed by atoms with E-state index in [4.69, 9.17) is 11.6 Å². The number of alkyl halides is 3. The van der Waals surface area contributed by atoms with E-state index in [0.717, 1.165) is 23.3 Å². The molecule has 3 aromatic rings. The average molecular weight is 511 g/mol. The molecule has 34 heavy (non-hydrogen) atoms. The highest BCUT2D eigenvalue weighted by molar-refractivity contribution is 7.92.